The summed E-state index contributed by atoms with van der Waals surface area (Å²) in [6.45, 7) is 6.03. The number of nitrogens with zero attached hydrogens (tertiary/aromatic N) is 2. The standard InChI is InChI=1S/C15H24N4OS/c1-11(2)19(3)9-5-4-8-17-15(20)13-7-6-12(10-18-13)14(16)21/h6-7,10-11H,4-5,8-9H2,1-3H3,(H2,16,21)(H,17,20). The molecule has 0 aromatic carbocycles. The van der Waals surface area contributed by atoms with Gasteiger partial charge in [0.2, 0.25) is 0 Å². The first-order chi connectivity index (χ1) is 9.91. The summed E-state index contributed by atoms with van der Waals surface area (Å²) in [4.78, 5) is 18.5. The summed E-state index contributed by atoms with van der Waals surface area (Å²) in [6.07, 6.45) is 3.53. The average Bonchev–Trinajstić information content (AvgIpc) is 2.46. The lowest BCUT2D eigenvalue weighted by atomic mass is 10.2. The zero-order valence-corrected chi connectivity index (χ0v) is 13.7. The molecule has 116 valence electrons. The van der Waals surface area contributed by atoms with Crippen molar-refractivity contribution >= 4 is 23.1 Å². The molecule has 0 spiro atoms. The molecule has 1 heterocycles. The number of nitrogens with two attached hydrogens (primary N) is 1. The maximum atomic E-state index is 11.9. The van der Waals surface area contributed by atoms with Gasteiger partial charge in [-0.3, -0.25) is 9.78 Å². The lowest BCUT2D eigenvalue weighted by Crippen LogP contribution is -2.29. The lowest BCUT2D eigenvalue weighted by molar-refractivity contribution is 0.0947. The van der Waals surface area contributed by atoms with Crippen LogP contribution in [0.2, 0.25) is 0 Å². The van der Waals surface area contributed by atoms with E-state index in [2.05, 4.69) is 36.1 Å². The van der Waals surface area contributed by atoms with Crippen molar-refractivity contribution in [3.8, 4) is 0 Å². The van der Waals surface area contributed by atoms with Crippen molar-refractivity contribution in [3.63, 3.8) is 0 Å². The maximum Gasteiger partial charge on any atom is 0.269 e. The van der Waals surface area contributed by atoms with Crippen molar-refractivity contribution in [1.82, 2.24) is 15.2 Å². The Morgan fingerprint density at radius 3 is 2.67 bits per heavy atom. The smallest absolute Gasteiger partial charge is 0.269 e. The Morgan fingerprint density at radius 1 is 1.43 bits per heavy atom. The fraction of sp³-hybridized carbons (Fsp3) is 0.533. The van der Waals surface area contributed by atoms with E-state index in [9.17, 15) is 4.79 Å². The summed E-state index contributed by atoms with van der Waals surface area (Å²) in [5.41, 5.74) is 6.53. The molecule has 1 amide bonds. The molecule has 6 heteroatoms. The number of rotatable bonds is 8. The average molecular weight is 308 g/mol. The second-order valence-corrected chi connectivity index (χ2v) is 5.77. The number of carbonyl (C=O) groups excluding carboxylic acids is 1. The largest absolute Gasteiger partial charge is 0.389 e. The highest BCUT2D eigenvalue weighted by Crippen LogP contribution is 2.01. The number of hydrogen-bond donors (Lipinski definition) is 2. The molecule has 0 aliphatic carbocycles. The number of unbranched alkanes of at least 4 members (excludes halogenated alkanes) is 1. The Balaban J connectivity index is 2.29. The van der Waals surface area contributed by atoms with Crippen molar-refractivity contribution in [2.75, 3.05) is 20.1 Å². The monoisotopic (exact) mass is 308 g/mol. The summed E-state index contributed by atoms with van der Waals surface area (Å²) in [7, 11) is 2.11. The minimum absolute atomic E-state index is 0.165. The number of aromatic nitrogens is 1. The summed E-state index contributed by atoms with van der Waals surface area (Å²) < 4.78 is 0. The molecular formula is C15H24N4OS. The van der Waals surface area contributed by atoms with Gasteiger partial charge >= 0.3 is 0 Å². The van der Waals surface area contributed by atoms with Crippen LogP contribution in [-0.4, -0.2) is 47.0 Å². The number of pyridine rings is 1. The molecule has 1 aromatic rings. The third-order valence-electron chi connectivity index (χ3n) is 3.39. The normalized spacial score (nSPS) is 10.9. The van der Waals surface area contributed by atoms with Gasteiger partial charge in [0.15, 0.2) is 0 Å². The predicted molar refractivity (Wildman–Crippen MR) is 89.5 cm³/mol. The molecular weight excluding hydrogens is 284 g/mol. The summed E-state index contributed by atoms with van der Waals surface area (Å²) in [5, 5.41) is 2.87. The third kappa shape index (κ3) is 6.18. The van der Waals surface area contributed by atoms with Crippen molar-refractivity contribution in [2.24, 2.45) is 5.73 Å². The van der Waals surface area contributed by atoms with Gasteiger partial charge in [-0.1, -0.05) is 12.2 Å². The number of thiocarbonyl (C=S) groups is 1. The second kappa shape index (κ2) is 8.69. The van der Waals surface area contributed by atoms with Gasteiger partial charge in [0.1, 0.15) is 10.7 Å². The summed E-state index contributed by atoms with van der Waals surface area (Å²) in [5.74, 6) is -0.165. The molecule has 0 bridgehead atoms. The Hall–Kier alpha value is -1.53. The number of carbonyl (C=O) groups is 1. The Bertz CT molecular complexity index is 473. The molecule has 0 unspecified atom stereocenters. The molecule has 0 aliphatic heterocycles. The van der Waals surface area contributed by atoms with Gasteiger partial charge in [0.05, 0.1) is 0 Å². The Kier molecular flexibility index (Phi) is 7.25. The van der Waals surface area contributed by atoms with Crippen LogP contribution in [0.4, 0.5) is 0 Å². The van der Waals surface area contributed by atoms with Crippen molar-refractivity contribution < 1.29 is 4.79 Å². The highest BCUT2D eigenvalue weighted by atomic mass is 32.1. The molecule has 0 saturated carbocycles. The zero-order chi connectivity index (χ0) is 15.8. The lowest BCUT2D eigenvalue weighted by Gasteiger charge is -2.20. The van der Waals surface area contributed by atoms with E-state index >= 15 is 0 Å². The van der Waals surface area contributed by atoms with E-state index in [1.165, 1.54) is 6.20 Å². The van der Waals surface area contributed by atoms with Crippen LogP contribution < -0.4 is 11.1 Å². The van der Waals surface area contributed by atoms with Crippen LogP contribution in [0.15, 0.2) is 18.3 Å². The minimum Gasteiger partial charge on any atom is -0.389 e. The fourth-order valence-electron chi connectivity index (χ4n) is 1.71. The summed E-state index contributed by atoms with van der Waals surface area (Å²) in [6, 6.07) is 3.90. The topological polar surface area (TPSA) is 71.2 Å². The van der Waals surface area contributed by atoms with E-state index in [0.717, 1.165) is 19.4 Å². The SMILES string of the molecule is CC(C)N(C)CCCCNC(=O)c1ccc(C(N)=S)cn1. The quantitative estimate of drug-likeness (QED) is 0.563. The minimum atomic E-state index is -0.165. The first-order valence-electron chi connectivity index (χ1n) is 7.16. The first-order valence-corrected chi connectivity index (χ1v) is 7.57. The molecule has 0 fully saturated rings. The summed E-state index contributed by atoms with van der Waals surface area (Å²) >= 11 is 4.84. The molecule has 0 radical (unpaired) electrons. The molecule has 0 atom stereocenters. The Labute approximate surface area is 131 Å². The van der Waals surface area contributed by atoms with Crippen molar-refractivity contribution in [2.45, 2.75) is 32.7 Å². The highest BCUT2D eigenvalue weighted by molar-refractivity contribution is 7.80. The van der Waals surface area contributed by atoms with E-state index < -0.39 is 0 Å². The number of amides is 1. The van der Waals surface area contributed by atoms with Crippen molar-refractivity contribution in [1.29, 1.82) is 0 Å². The molecule has 21 heavy (non-hydrogen) atoms. The highest BCUT2D eigenvalue weighted by Gasteiger charge is 2.07. The van der Waals surface area contributed by atoms with Gasteiger partial charge in [-0.05, 0) is 52.4 Å². The second-order valence-electron chi connectivity index (χ2n) is 5.33. The zero-order valence-electron chi connectivity index (χ0n) is 12.9. The molecule has 0 aliphatic rings. The number of hydrogen-bond acceptors (Lipinski definition) is 4. The third-order valence-corrected chi connectivity index (χ3v) is 3.62. The van der Waals surface area contributed by atoms with E-state index in [1.807, 2.05) is 0 Å². The predicted octanol–water partition coefficient (Wildman–Crippen LogP) is 1.57. The van der Waals surface area contributed by atoms with Gasteiger partial charge in [-0.2, -0.15) is 0 Å². The van der Waals surface area contributed by atoms with Crippen LogP contribution in [0.25, 0.3) is 0 Å². The van der Waals surface area contributed by atoms with Crippen LogP contribution in [0, 0.1) is 0 Å². The number of nitrogens with one attached hydrogen (secondary N) is 1. The molecule has 0 saturated heterocycles. The fourth-order valence-corrected chi connectivity index (χ4v) is 1.83. The first kappa shape index (κ1) is 17.5. The van der Waals surface area contributed by atoms with Crippen LogP contribution in [0.3, 0.4) is 0 Å². The van der Waals surface area contributed by atoms with Gasteiger partial charge in [0, 0.05) is 24.3 Å². The van der Waals surface area contributed by atoms with Gasteiger partial charge in [-0.15, -0.1) is 0 Å². The van der Waals surface area contributed by atoms with Crippen molar-refractivity contribution in [3.05, 3.63) is 29.6 Å². The van der Waals surface area contributed by atoms with E-state index in [0.29, 0.717) is 23.8 Å². The van der Waals surface area contributed by atoms with E-state index in [4.69, 9.17) is 18.0 Å². The molecule has 1 aromatic heterocycles. The van der Waals surface area contributed by atoms with Gasteiger partial charge in [-0.25, -0.2) is 0 Å². The van der Waals surface area contributed by atoms with E-state index in [1.54, 1.807) is 12.1 Å². The molecule has 5 nitrogen and oxygen atoms in total. The van der Waals surface area contributed by atoms with Crippen LogP contribution >= 0.6 is 12.2 Å². The van der Waals surface area contributed by atoms with Gasteiger partial charge < -0.3 is 16.0 Å². The van der Waals surface area contributed by atoms with Gasteiger partial charge in [0.25, 0.3) is 5.91 Å². The van der Waals surface area contributed by atoms with Crippen LogP contribution in [-0.2, 0) is 0 Å². The van der Waals surface area contributed by atoms with Crippen LogP contribution in [0.5, 0.6) is 0 Å². The molecule has 1 rings (SSSR count). The van der Waals surface area contributed by atoms with Crippen LogP contribution in [0.1, 0.15) is 42.7 Å². The molecule has 3 N–H and O–H groups in total. The Morgan fingerprint density at radius 2 is 2.14 bits per heavy atom. The van der Waals surface area contributed by atoms with E-state index in [-0.39, 0.29) is 10.9 Å². The maximum absolute atomic E-state index is 11.9.